The van der Waals surface area contributed by atoms with E-state index in [0.29, 0.717) is 6.04 Å². The van der Waals surface area contributed by atoms with E-state index in [1.54, 1.807) is 0 Å². The van der Waals surface area contributed by atoms with E-state index in [2.05, 4.69) is 34.1 Å². The molecule has 0 aliphatic carbocycles. The SMILES string of the molecule is CCN1CCC(NC2=NCCN2C)C1. The van der Waals surface area contributed by atoms with Crippen molar-refractivity contribution in [3.8, 4) is 0 Å². The molecule has 1 atom stereocenters. The summed E-state index contributed by atoms with van der Waals surface area (Å²) in [4.78, 5) is 9.13. The molecule has 1 N–H and O–H groups in total. The van der Waals surface area contributed by atoms with Gasteiger partial charge < -0.3 is 15.1 Å². The first-order valence-electron chi connectivity index (χ1n) is 5.54. The second kappa shape index (κ2) is 4.17. The lowest BCUT2D eigenvalue weighted by Gasteiger charge is -2.20. The average molecular weight is 196 g/mol. The number of nitrogens with one attached hydrogen (secondary N) is 1. The topological polar surface area (TPSA) is 30.9 Å². The number of aliphatic imine (C=N–C) groups is 1. The van der Waals surface area contributed by atoms with Gasteiger partial charge in [0.05, 0.1) is 6.54 Å². The Hall–Kier alpha value is -0.770. The minimum atomic E-state index is 0.606. The molecule has 80 valence electrons. The van der Waals surface area contributed by atoms with Crippen molar-refractivity contribution >= 4 is 5.96 Å². The molecule has 1 fully saturated rings. The van der Waals surface area contributed by atoms with Gasteiger partial charge in [-0.15, -0.1) is 0 Å². The normalized spacial score (nSPS) is 28.3. The molecule has 2 rings (SSSR count). The Labute approximate surface area is 86.0 Å². The van der Waals surface area contributed by atoms with E-state index >= 15 is 0 Å². The van der Waals surface area contributed by atoms with Crippen molar-refractivity contribution < 1.29 is 0 Å². The third-order valence-corrected chi connectivity index (χ3v) is 3.11. The van der Waals surface area contributed by atoms with Crippen LogP contribution in [0.15, 0.2) is 4.99 Å². The van der Waals surface area contributed by atoms with Gasteiger partial charge in [-0.2, -0.15) is 0 Å². The molecule has 4 heteroatoms. The number of guanidine groups is 1. The lowest BCUT2D eigenvalue weighted by atomic mass is 10.3. The van der Waals surface area contributed by atoms with Crippen LogP contribution in [-0.2, 0) is 0 Å². The maximum absolute atomic E-state index is 4.44. The van der Waals surface area contributed by atoms with E-state index in [0.717, 1.165) is 19.0 Å². The highest BCUT2D eigenvalue weighted by molar-refractivity contribution is 5.81. The summed E-state index contributed by atoms with van der Waals surface area (Å²) in [7, 11) is 2.10. The Kier molecular flexibility index (Phi) is 2.91. The fraction of sp³-hybridized carbons (Fsp3) is 0.900. The summed E-state index contributed by atoms with van der Waals surface area (Å²) in [5, 5.41) is 3.53. The molecule has 1 saturated heterocycles. The largest absolute Gasteiger partial charge is 0.352 e. The highest BCUT2D eigenvalue weighted by atomic mass is 15.3. The molecule has 2 aliphatic heterocycles. The van der Waals surface area contributed by atoms with Gasteiger partial charge in [0.2, 0.25) is 0 Å². The molecule has 0 saturated carbocycles. The van der Waals surface area contributed by atoms with Gasteiger partial charge in [0.15, 0.2) is 5.96 Å². The second-order valence-electron chi connectivity index (χ2n) is 4.15. The van der Waals surface area contributed by atoms with Gasteiger partial charge in [-0.05, 0) is 13.0 Å². The summed E-state index contributed by atoms with van der Waals surface area (Å²) in [6.07, 6.45) is 1.25. The maximum atomic E-state index is 4.44. The minimum Gasteiger partial charge on any atom is -0.352 e. The fourth-order valence-corrected chi connectivity index (χ4v) is 2.11. The van der Waals surface area contributed by atoms with Crippen LogP contribution in [0.4, 0.5) is 0 Å². The number of likely N-dealkylation sites (tertiary alicyclic amines) is 1. The standard InChI is InChI=1S/C10H20N4/c1-3-14-6-4-9(8-14)12-10-11-5-7-13(10)2/h9H,3-8H2,1-2H3,(H,11,12). The smallest absolute Gasteiger partial charge is 0.194 e. The summed E-state index contributed by atoms with van der Waals surface area (Å²) < 4.78 is 0. The molecule has 4 nitrogen and oxygen atoms in total. The molecule has 14 heavy (non-hydrogen) atoms. The van der Waals surface area contributed by atoms with Crippen LogP contribution < -0.4 is 5.32 Å². The Balaban J connectivity index is 1.81. The highest BCUT2D eigenvalue weighted by Crippen LogP contribution is 2.09. The zero-order chi connectivity index (χ0) is 9.97. The molecule has 0 radical (unpaired) electrons. The van der Waals surface area contributed by atoms with Gasteiger partial charge in [0.25, 0.3) is 0 Å². The molecular formula is C10H20N4. The third-order valence-electron chi connectivity index (χ3n) is 3.11. The Morgan fingerprint density at radius 3 is 2.93 bits per heavy atom. The molecule has 0 aromatic carbocycles. The van der Waals surface area contributed by atoms with Crippen LogP contribution in [0.1, 0.15) is 13.3 Å². The van der Waals surface area contributed by atoms with Gasteiger partial charge >= 0.3 is 0 Å². The van der Waals surface area contributed by atoms with Crippen molar-refractivity contribution in [2.45, 2.75) is 19.4 Å². The Morgan fingerprint density at radius 1 is 1.50 bits per heavy atom. The first-order chi connectivity index (χ1) is 6.79. The maximum Gasteiger partial charge on any atom is 0.194 e. The van der Waals surface area contributed by atoms with Gasteiger partial charge in [-0.1, -0.05) is 6.92 Å². The monoisotopic (exact) mass is 196 g/mol. The van der Waals surface area contributed by atoms with Crippen molar-refractivity contribution in [3.63, 3.8) is 0 Å². The van der Waals surface area contributed by atoms with Crippen LogP contribution in [0.5, 0.6) is 0 Å². The molecule has 1 unspecified atom stereocenters. The van der Waals surface area contributed by atoms with E-state index in [-0.39, 0.29) is 0 Å². The summed E-state index contributed by atoms with van der Waals surface area (Å²) in [5.74, 6) is 1.09. The molecular weight excluding hydrogens is 176 g/mol. The fourth-order valence-electron chi connectivity index (χ4n) is 2.11. The zero-order valence-electron chi connectivity index (χ0n) is 9.16. The van der Waals surface area contributed by atoms with E-state index in [1.807, 2.05) is 0 Å². The quantitative estimate of drug-likeness (QED) is 0.673. The van der Waals surface area contributed by atoms with Gasteiger partial charge in [-0.25, -0.2) is 0 Å². The van der Waals surface area contributed by atoms with E-state index < -0.39 is 0 Å². The average Bonchev–Trinajstić information content (AvgIpc) is 2.77. The van der Waals surface area contributed by atoms with Gasteiger partial charge in [0, 0.05) is 32.7 Å². The molecule has 0 bridgehead atoms. The van der Waals surface area contributed by atoms with E-state index in [4.69, 9.17) is 0 Å². The predicted octanol–water partition coefficient (Wildman–Crippen LogP) is -0.0284. The number of likely N-dealkylation sites (N-methyl/N-ethyl adjacent to an activating group) is 2. The van der Waals surface area contributed by atoms with Crippen LogP contribution in [-0.4, -0.2) is 61.6 Å². The van der Waals surface area contributed by atoms with Crippen molar-refractivity contribution in [1.82, 2.24) is 15.1 Å². The number of nitrogens with zero attached hydrogens (tertiary/aromatic N) is 3. The molecule has 2 heterocycles. The second-order valence-corrected chi connectivity index (χ2v) is 4.15. The lowest BCUT2D eigenvalue weighted by molar-refractivity contribution is 0.349. The summed E-state index contributed by atoms with van der Waals surface area (Å²) >= 11 is 0. The molecule has 2 aliphatic rings. The highest BCUT2D eigenvalue weighted by Gasteiger charge is 2.23. The van der Waals surface area contributed by atoms with Crippen LogP contribution in [0.25, 0.3) is 0 Å². The van der Waals surface area contributed by atoms with Crippen LogP contribution in [0.2, 0.25) is 0 Å². The molecule has 0 aromatic rings. The number of rotatable bonds is 2. The zero-order valence-corrected chi connectivity index (χ0v) is 9.16. The number of hydrogen-bond acceptors (Lipinski definition) is 4. The van der Waals surface area contributed by atoms with E-state index in [1.165, 1.54) is 26.1 Å². The van der Waals surface area contributed by atoms with Crippen LogP contribution >= 0.6 is 0 Å². The lowest BCUT2D eigenvalue weighted by Crippen LogP contribution is -2.43. The Morgan fingerprint density at radius 2 is 2.36 bits per heavy atom. The number of hydrogen-bond donors (Lipinski definition) is 1. The first kappa shape index (κ1) is 9.77. The minimum absolute atomic E-state index is 0.606. The molecule has 0 spiro atoms. The Bertz CT molecular complexity index is 226. The van der Waals surface area contributed by atoms with Gasteiger partial charge in [0.1, 0.15) is 0 Å². The molecule has 0 amide bonds. The summed E-state index contributed by atoms with van der Waals surface area (Å²) in [5.41, 5.74) is 0. The predicted molar refractivity (Wildman–Crippen MR) is 58.6 cm³/mol. The van der Waals surface area contributed by atoms with Crippen LogP contribution in [0, 0.1) is 0 Å². The van der Waals surface area contributed by atoms with Crippen molar-refractivity contribution in [2.24, 2.45) is 4.99 Å². The first-order valence-corrected chi connectivity index (χ1v) is 5.54. The third kappa shape index (κ3) is 2.00. The van der Waals surface area contributed by atoms with Crippen molar-refractivity contribution in [3.05, 3.63) is 0 Å². The molecule has 0 aromatic heterocycles. The summed E-state index contributed by atoms with van der Waals surface area (Å²) in [6, 6.07) is 0.606. The van der Waals surface area contributed by atoms with Gasteiger partial charge in [-0.3, -0.25) is 4.99 Å². The van der Waals surface area contributed by atoms with Crippen LogP contribution in [0.3, 0.4) is 0 Å². The van der Waals surface area contributed by atoms with Crippen molar-refractivity contribution in [1.29, 1.82) is 0 Å². The van der Waals surface area contributed by atoms with Crippen molar-refractivity contribution in [2.75, 3.05) is 39.8 Å². The summed E-state index contributed by atoms with van der Waals surface area (Å²) in [6.45, 7) is 7.80. The van der Waals surface area contributed by atoms with E-state index in [9.17, 15) is 0 Å².